The van der Waals surface area contributed by atoms with Crippen LogP contribution in [0.25, 0.3) is 0 Å². The molecule has 0 saturated carbocycles. The summed E-state index contributed by atoms with van der Waals surface area (Å²) in [5.41, 5.74) is 1.65. The number of carboxylic acid groups (broad SMARTS) is 1. The van der Waals surface area contributed by atoms with Gasteiger partial charge in [0.05, 0.1) is 12.5 Å². The van der Waals surface area contributed by atoms with Crippen molar-refractivity contribution >= 4 is 17.6 Å². The minimum atomic E-state index is -0.847. The summed E-state index contributed by atoms with van der Waals surface area (Å²) in [4.78, 5) is 25.1. The van der Waals surface area contributed by atoms with Crippen LogP contribution in [0.1, 0.15) is 52.0 Å². The monoisotopic (exact) mass is 321 g/mol. The molecule has 0 aliphatic rings. The lowest BCUT2D eigenvalue weighted by molar-refractivity contribution is -0.144. The molecule has 0 fully saturated rings. The number of anilines is 1. The van der Waals surface area contributed by atoms with Crippen molar-refractivity contribution in [3.05, 3.63) is 29.8 Å². The van der Waals surface area contributed by atoms with Crippen LogP contribution in [0.5, 0.6) is 0 Å². The van der Waals surface area contributed by atoms with Crippen molar-refractivity contribution < 1.29 is 19.4 Å². The van der Waals surface area contributed by atoms with Gasteiger partial charge in [0.2, 0.25) is 0 Å². The molecule has 0 amide bonds. The number of benzene rings is 1. The molecule has 0 aliphatic heterocycles. The molecule has 128 valence electrons. The maximum Gasteiger partial charge on any atom is 0.328 e. The van der Waals surface area contributed by atoms with Gasteiger partial charge in [0.25, 0.3) is 0 Å². The number of carboxylic acids is 1. The summed E-state index contributed by atoms with van der Waals surface area (Å²) in [6, 6.07) is 7.00. The Balaban J connectivity index is 2.98. The predicted octanol–water partition coefficient (Wildman–Crippen LogP) is 3.43. The highest BCUT2D eigenvalue weighted by Crippen LogP contribution is 2.23. The third kappa shape index (κ3) is 5.27. The average molecular weight is 321 g/mol. The minimum absolute atomic E-state index is 0.244. The first-order chi connectivity index (χ1) is 10.9. The molecular formula is C18H27NO4. The first-order valence-corrected chi connectivity index (χ1v) is 8.18. The zero-order valence-corrected chi connectivity index (χ0v) is 14.4. The Morgan fingerprint density at radius 2 is 1.78 bits per heavy atom. The molecule has 1 rings (SSSR count). The van der Waals surface area contributed by atoms with Crippen LogP contribution in [0.3, 0.4) is 0 Å². The van der Waals surface area contributed by atoms with Gasteiger partial charge in [0.1, 0.15) is 6.04 Å². The molecular weight excluding hydrogens is 294 g/mol. The van der Waals surface area contributed by atoms with Gasteiger partial charge in [-0.3, -0.25) is 4.79 Å². The smallest absolute Gasteiger partial charge is 0.328 e. The zero-order chi connectivity index (χ0) is 17.4. The molecule has 2 unspecified atom stereocenters. The van der Waals surface area contributed by atoms with Gasteiger partial charge in [-0.15, -0.1) is 0 Å². The summed E-state index contributed by atoms with van der Waals surface area (Å²) in [7, 11) is 0. The van der Waals surface area contributed by atoms with Gasteiger partial charge in [-0.1, -0.05) is 25.5 Å². The zero-order valence-electron chi connectivity index (χ0n) is 14.4. The van der Waals surface area contributed by atoms with Gasteiger partial charge in [-0.2, -0.15) is 0 Å². The third-order valence-corrected chi connectivity index (χ3v) is 3.94. The van der Waals surface area contributed by atoms with Crippen LogP contribution < -0.4 is 4.90 Å². The Kier molecular flexibility index (Phi) is 7.59. The highest BCUT2D eigenvalue weighted by Gasteiger charge is 2.23. The second-order valence-corrected chi connectivity index (χ2v) is 5.63. The summed E-state index contributed by atoms with van der Waals surface area (Å²) in [6.07, 6.45) is 2.00. The average Bonchev–Trinajstić information content (AvgIpc) is 2.55. The number of esters is 1. The van der Waals surface area contributed by atoms with Gasteiger partial charge in [0.15, 0.2) is 0 Å². The Hall–Kier alpha value is -2.04. The largest absolute Gasteiger partial charge is 0.481 e. The van der Waals surface area contributed by atoms with Crippen molar-refractivity contribution in [3.63, 3.8) is 0 Å². The molecule has 0 saturated heterocycles. The fourth-order valence-electron chi connectivity index (χ4n) is 2.36. The first-order valence-electron chi connectivity index (χ1n) is 8.18. The van der Waals surface area contributed by atoms with E-state index < -0.39 is 11.9 Å². The number of ether oxygens (including phenoxy) is 1. The molecule has 5 nitrogen and oxygen atoms in total. The topological polar surface area (TPSA) is 66.8 Å². The lowest BCUT2D eigenvalue weighted by atomic mass is 10.0. The van der Waals surface area contributed by atoms with Crippen molar-refractivity contribution in [2.75, 3.05) is 18.1 Å². The van der Waals surface area contributed by atoms with Crippen molar-refractivity contribution in [2.24, 2.45) is 0 Å². The van der Waals surface area contributed by atoms with Crippen LogP contribution in [0.2, 0.25) is 0 Å². The molecule has 0 bridgehead atoms. The number of carbonyl (C=O) groups excluding carboxylic acids is 1. The molecule has 1 aromatic rings. The molecule has 1 aromatic carbocycles. The Labute approximate surface area is 138 Å². The summed E-state index contributed by atoms with van der Waals surface area (Å²) >= 11 is 0. The van der Waals surface area contributed by atoms with E-state index in [0.717, 1.165) is 30.6 Å². The quantitative estimate of drug-likeness (QED) is 0.706. The van der Waals surface area contributed by atoms with E-state index in [4.69, 9.17) is 9.84 Å². The number of hydrogen-bond donors (Lipinski definition) is 1. The second-order valence-electron chi connectivity index (χ2n) is 5.63. The Morgan fingerprint density at radius 3 is 2.26 bits per heavy atom. The van der Waals surface area contributed by atoms with Gasteiger partial charge in [-0.05, 0) is 44.9 Å². The maximum atomic E-state index is 12.0. The van der Waals surface area contributed by atoms with Crippen LogP contribution >= 0.6 is 0 Å². The molecule has 1 N–H and O–H groups in total. The van der Waals surface area contributed by atoms with Crippen molar-refractivity contribution in [3.8, 4) is 0 Å². The molecule has 0 spiro atoms. The number of aliphatic carboxylic acids is 1. The van der Waals surface area contributed by atoms with Crippen molar-refractivity contribution in [2.45, 2.75) is 52.5 Å². The number of nitrogens with zero attached hydrogens (tertiary/aromatic N) is 1. The van der Waals surface area contributed by atoms with Crippen LogP contribution in [0.4, 0.5) is 5.69 Å². The van der Waals surface area contributed by atoms with E-state index in [1.54, 1.807) is 13.8 Å². The van der Waals surface area contributed by atoms with Crippen molar-refractivity contribution in [1.29, 1.82) is 0 Å². The van der Waals surface area contributed by atoms with E-state index in [1.807, 2.05) is 36.1 Å². The van der Waals surface area contributed by atoms with E-state index in [-0.39, 0.29) is 12.0 Å². The van der Waals surface area contributed by atoms with Crippen LogP contribution in [-0.4, -0.2) is 36.2 Å². The van der Waals surface area contributed by atoms with Gasteiger partial charge < -0.3 is 14.7 Å². The lowest BCUT2D eigenvalue weighted by Gasteiger charge is -2.30. The normalized spacial score (nSPS) is 13.2. The first kappa shape index (κ1) is 19.0. The maximum absolute atomic E-state index is 12.0. The van der Waals surface area contributed by atoms with Gasteiger partial charge in [-0.25, -0.2) is 4.79 Å². The third-order valence-electron chi connectivity index (χ3n) is 3.94. The minimum Gasteiger partial charge on any atom is -0.481 e. The Bertz CT molecular complexity index is 512. The van der Waals surface area contributed by atoms with Crippen LogP contribution in [0, 0.1) is 0 Å². The van der Waals surface area contributed by atoms with E-state index in [1.165, 1.54) is 0 Å². The SMILES string of the molecule is CCCCN(c1ccc(C(C)C(=O)O)cc1)C(C)C(=O)OCC. The Morgan fingerprint density at radius 1 is 1.17 bits per heavy atom. The van der Waals surface area contributed by atoms with E-state index >= 15 is 0 Å². The number of unbranched alkanes of at least 4 members (excludes halogenated alkanes) is 1. The van der Waals surface area contributed by atoms with E-state index in [9.17, 15) is 9.59 Å². The molecule has 23 heavy (non-hydrogen) atoms. The molecule has 0 aromatic heterocycles. The van der Waals surface area contributed by atoms with Crippen LogP contribution in [0.15, 0.2) is 24.3 Å². The molecule has 0 radical (unpaired) electrons. The highest BCUT2D eigenvalue weighted by atomic mass is 16.5. The molecule has 2 atom stereocenters. The standard InChI is InChI=1S/C18H27NO4/c1-5-7-12-19(14(4)18(22)23-6-2)16-10-8-15(9-11-16)13(3)17(20)21/h8-11,13-14H,5-7,12H2,1-4H3,(H,20,21). The summed E-state index contributed by atoms with van der Waals surface area (Å²) in [6.45, 7) is 8.51. The highest BCUT2D eigenvalue weighted by molar-refractivity contribution is 5.80. The van der Waals surface area contributed by atoms with E-state index in [0.29, 0.717) is 6.61 Å². The molecule has 5 heteroatoms. The summed E-state index contributed by atoms with van der Waals surface area (Å²) < 4.78 is 5.12. The second kappa shape index (κ2) is 9.18. The van der Waals surface area contributed by atoms with Crippen LogP contribution in [-0.2, 0) is 14.3 Å². The van der Waals surface area contributed by atoms with Gasteiger partial charge >= 0.3 is 11.9 Å². The van der Waals surface area contributed by atoms with Crippen molar-refractivity contribution in [1.82, 2.24) is 0 Å². The van der Waals surface area contributed by atoms with E-state index in [2.05, 4.69) is 6.92 Å². The fraction of sp³-hybridized carbons (Fsp3) is 0.556. The number of carbonyl (C=O) groups is 2. The summed E-state index contributed by atoms with van der Waals surface area (Å²) in [5, 5.41) is 9.08. The lowest BCUT2D eigenvalue weighted by Crippen LogP contribution is -2.40. The summed E-state index contributed by atoms with van der Waals surface area (Å²) in [5.74, 6) is -1.64. The molecule has 0 heterocycles. The fourth-order valence-corrected chi connectivity index (χ4v) is 2.36. The van der Waals surface area contributed by atoms with Gasteiger partial charge in [0, 0.05) is 12.2 Å². The number of hydrogen-bond acceptors (Lipinski definition) is 4. The number of rotatable bonds is 9. The predicted molar refractivity (Wildman–Crippen MR) is 90.8 cm³/mol. The molecule has 0 aliphatic carbocycles.